The van der Waals surface area contributed by atoms with Crippen molar-refractivity contribution in [3.05, 3.63) is 0 Å². The van der Waals surface area contributed by atoms with Crippen LogP contribution in [0.4, 0.5) is 0 Å². The molecule has 0 aliphatic heterocycles. The third-order valence-electron chi connectivity index (χ3n) is 2.22. The van der Waals surface area contributed by atoms with E-state index in [-0.39, 0.29) is 0 Å². The highest BCUT2D eigenvalue weighted by molar-refractivity contribution is 7.99. The Balaban J connectivity index is 2.01. The Labute approximate surface area is 72.7 Å². The van der Waals surface area contributed by atoms with Crippen molar-refractivity contribution in [1.29, 1.82) is 0 Å². The lowest BCUT2D eigenvalue weighted by Crippen LogP contribution is -2.03. The smallest absolute Gasteiger partial charge is 0.0280 e. The van der Waals surface area contributed by atoms with Gasteiger partial charge < -0.3 is 0 Å². The van der Waals surface area contributed by atoms with Crippen molar-refractivity contribution < 1.29 is 0 Å². The number of hydrogen-bond donors (Lipinski definition) is 0. The van der Waals surface area contributed by atoms with Gasteiger partial charge in [-0.1, -0.05) is 6.92 Å². The summed E-state index contributed by atoms with van der Waals surface area (Å²) in [6, 6.07) is 0. The highest BCUT2D eigenvalue weighted by Crippen LogP contribution is 2.50. The van der Waals surface area contributed by atoms with E-state index in [0.717, 1.165) is 5.88 Å². The standard InChI is InChI=1S/C8H15ClS/c1-2-10-6-5-8(7-9)3-4-8/h2-7H2,1H3. The fourth-order valence-corrected chi connectivity index (χ4v) is 2.33. The molecule has 1 aliphatic carbocycles. The predicted molar refractivity (Wildman–Crippen MR) is 50.0 cm³/mol. The third kappa shape index (κ3) is 2.35. The molecule has 60 valence electrons. The first-order chi connectivity index (χ1) is 4.83. The van der Waals surface area contributed by atoms with Crippen LogP contribution in [-0.4, -0.2) is 17.4 Å². The van der Waals surface area contributed by atoms with Crippen molar-refractivity contribution in [2.75, 3.05) is 17.4 Å². The Hall–Kier alpha value is 0.640. The van der Waals surface area contributed by atoms with E-state index < -0.39 is 0 Å². The van der Waals surface area contributed by atoms with Gasteiger partial charge in [0.25, 0.3) is 0 Å². The van der Waals surface area contributed by atoms with Crippen LogP contribution in [0.5, 0.6) is 0 Å². The van der Waals surface area contributed by atoms with Gasteiger partial charge >= 0.3 is 0 Å². The number of hydrogen-bond acceptors (Lipinski definition) is 1. The monoisotopic (exact) mass is 178 g/mol. The first-order valence-electron chi connectivity index (χ1n) is 3.97. The minimum atomic E-state index is 0.587. The molecule has 1 aliphatic rings. The van der Waals surface area contributed by atoms with Gasteiger partial charge in [-0.2, -0.15) is 11.8 Å². The van der Waals surface area contributed by atoms with Crippen molar-refractivity contribution >= 4 is 23.4 Å². The van der Waals surface area contributed by atoms with Crippen LogP contribution >= 0.6 is 23.4 Å². The maximum Gasteiger partial charge on any atom is 0.0280 e. The van der Waals surface area contributed by atoms with E-state index in [4.69, 9.17) is 11.6 Å². The highest BCUT2D eigenvalue weighted by Gasteiger charge is 2.40. The first kappa shape index (κ1) is 8.73. The maximum atomic E-state index is 5.83. The van der Waals surface area contributed by atoms with E-state index in [0.29, 0.717) is 5.41 Å². The molecule has 1 fully saturated rings. The fraction of sp³-hybridized carbons (Fsp3) is 1.00. The van der Waals surface area contributed by atoms with E-state index in [9.17, 15) is 0 Å². The highest BCUT2D eigenvalue weighted by atomic mass is 35.5. The summed E-state index contributed by atoms with van der Waals surface area (Å²) in [7, 11) is 0. The van der Waals surface area contributed by atoms with Crippen LogP contribution in [0, 0.1) is 5.41 Å². The molecule has 0 aromatic carbocycles. The zero-order valence-electron chi connectivity index (χ0n) is 6.53. The minimum Gasteiger partial charge on any atom is -0.162 e. The molecule has 0 nitrogen and oxygen atoms in total. The average Bonchev–Trinajstić information content (AvgIpc) is 2.70. The second-order valence-corrected chi connectivity index (χ2v) is 4.74. The summed E-state index contributed by atoms with van der Waals surface area (Å²) in [6.45, 7) is 2.21. The Morgan fingerprint density at radius 2 is 2.20 bits per heavy atom. The molecule has 2 heteroatoms. The number of thioether (sulfide) groups is 1. The average molecular weight is 179 g/mol. The van der Waals surface area contributed by atoms with Crippen LogP contribution in [0.1, 0.15) is 26.2 Å². The zero-order valence-corrected chi connectivity index (χ0v) is 8.10. The van der Waals surface area contributed by atoms with Gasteiger partial charge in [0.05, 0.1) is 0 Å². The van der Waals surface area contributed by atoms with Gasteiger partial charge in [0.2, 0.25) is 0 Å². The summed E-state index contributed by atoms with van der Waals surface area (Å²) in [5, 5.41) is 0. The molecule has 0 bridgehead atoms. The van der Waals surface area contributed by atoms with Crippen molar-refractivity contribution in [2.45, 2.75) is 26.2 Å². The summed E-state index contributed by atoms with van der Waals surface area (Å²) >= 11 is 7.86. The molecule has 0 atom stereocenters. The quantitative estimate of drug-likeness (QED) is 0.461. The molecule has 1 rings (SSSR count). The molecule has 0 heterocycles. The second-order valence-electron chi connectivity index (χ2n) is 3.08. The Kier molecular flexibility index (Phi) is 3.38. The molecule has 0 aromatic rings. The number of rotatable bonds is 5. The van der Waals surface area contributed by atoms with Gasteiger partial charge in [-0.25, -0.2) is 0 Å². The van der Waals surface area contributed by atoms with Gasteiger partial charge in [-0.3, -0.25) is 0 Å². The predicted octanol–water partition coefficient (Wildman–Crippen LogP) is 3.15. The molecule has 0 saturated heterocycles. The van der Waals surface area contributed by atoms with Crippen molar-refractivity contribution in [1.82, 2.24) is 0 Å². The first-order valence-corrected chi connectivity index (χ1v) is 5.66. The molecule has 0 aromatic heterocycles. The van der Waals surface area contributed by atoms with Crippen LogP contribution in [0.15, 0.2) is 0 Å². The van der Waals surface area contributed by atoms with Gasteiger partial charge in [0, 0.05) is 5.88 Å². The third-order valence-corrected chi connectivity index (χ3v) is 3.69. The summed E-state index contributed by atoms with van der Waals surface area (Å²) in [5.74, 6) is 3.44. The lowest BCUT2D eigenvalue weighted by Gasteiger charge is -2.08. The van der Waals surface area contributed by atoms with Crippen molar-refractivity contribution in [3.8, 4) is 0 Å². The second kappa shape index (κ2) is 3.87. The molecular weight excluding hydrogens is 164 g/mol. The van der Waals surface area contributed by atoms with Crippen molar-refractivity contribution in [3.63, 3.8) is 0 Å². The molecular formula is C8H15ClS. The summed E-state index contributed by atoms with van der Waals surface area (Å²) in [6.07, 6.45) is 4.09. The van der Waals surface area contributed by atoms with Crippen LogP contribution in [0.25, 0.3) is 0 Å². The SMILES string of the molecule is CCSCCC1(CCl)CC1. The number of halogens is 1. The summed E-state index contributed by atoms with van der Waals surface area (Å²) < 4.78 is 0. The molecule has 1 saturated carbocycles. The van der Waals surface area contributed by atoms with E-state index >= 15 is 0 Å². The normalized spacial score (nSPS) is 21.0. The van der Waals surface area contributed by atoms with E-state index in [1.54, 1.807) is 0 Å². The molecule has 0 N–H and O–H groups in total. The van der Waals surface area contributed by atoms with E-state index in [2.05, 4.69) is 6.92 Å². The largest absolute Gasteiger partial charge is 0.162 e. The minimum absolute atomic E-state index is 0.587. The molecule has 0 spiro atoms. The number of alkyl halides is 1. The lowest BCUT2D eigenvalue weighted by atomic mass is 10.1. The topological polar surface area (TPSA) is 0 Å². The zero-order chi connectivity index (χ0) is 7.45. The van der Waals surface area contributed by atoms with Crippen molar-refractivity contribution in [2.24, 2.45) is 5.41 Å². The van der Waals surface area contributed by atoms with Gasteiger partial charge in [0.15, 0.2) is 0 Å². The van der Waals surface area contributed by atoms with Crippen LogP contribution in [0.2, 0.25) is 0 Å². The summed E-state index contributed by atoms with van der Waals surface area (Å²) in [4.78, 5) is 0. The Morgan fingerprint density at radius 3 is 2.60 bits per heavy atom. The van der Waals surface area contributed by atoms with Gasteiger partial charge in [0.1, 0.15) is 0 Å². The van der Waals surface area contributed by atoms with E-state index in [1.807, 2.05) is 11.8 Å². The van der Waals surface area contributed by atoms with Crippen LogP contribution < -0.4 is 0 Å². The Morgan fingerprint density at radius 1 is 1.50 bits per heavy atom. The molecule has 0 unspecified atom stereocenters. The summed E-state index contributed by atoms with van der Waals surface area (Å²) in [5.41, 5.74) is 0.587. The maximum absolute atomic E-state index is 5.83. The lowest BCUT2D eigenvalue weighted by molar-refractivity contribution is 0.564. The van der Waals surface area contributed by atoms with E-state index in [1.165, 1.54) is 30.8 Å². The van der Waals surface area contributed by atoms with Gasteiger partial charge in [-0.05, 0) is 36.2 Å². The molecule has 10 heavy (non-hydrogen) atoms. The van der Waals surface area contributed by atoms with Gasteiger partial charge in [-0.15, -0.1) is 11.6 Å². The Bertz CT molecular complexity index is 99.4. The van der Waals surface area contributed by atoms with Crippen LogP contribution in [-0.2, 0) is 0 Å². The van der Waals surface area contributed by atoms with Crippen LogP contribution in [0.3, 0.4) is 0 Å². The fourth-order valence-electron chi connectivity index (χ4n) is 1.06. The molecule has 0 radical (unpaired) electrons. The molecule has 0 amide bonds.